The normalized spacial score (nSPS) is 11.6. The van der Waals surface area contributed by atoms with E-state index in [4.69, 9.17) is 0 Å². The summed E-state index contributed by atoms with van der Waals surface area (Å²) in [5.74, 6) is 0.924. The van der Waals surface area contributed by atoms with Gasteiger partial charge in [0.25, 0.3) is 0 Å². The maximum absolute atomic E-state index is 10.5. The van der Waals surface area contributed by atoms with Gasteiger partial charge in [-0.25, -0.2) is 0 Å². The monoisotopic (exact) mass is 192 g/mol. The number of hydrogen-bond acceptors (Lipinski definition) is 3. The third-order valence-electron chi connectivity index (χ3n) is 0.881. The lowest BCUT2D eigenvalue weighted by Crippen LogP contribution is -2.07. The Labute approximate surface area is 77.7 Å². The zero-order valence-electron chi connectivity index (χ0n) is 7.64. The van der Waals surface area contributed by atoms with E-state index in [1.807, 2.05) is 11.8 Å². The van der Waals surface area contributed by atoms with Crippen molar-refractivity contribution in [3.05, 3.63) is 0 Å². The van der Waals surface area contributed by atoms with Gasteiger partial charge in [0.15, 0.2) is 0 Å². The van der Waals surface area contributed by atoms with Crippen LogP contribution in [-0.2, 0) is 4.79 Å². The van der Waals surface area contributed by atoms with Crippen molar-refractivity contribution in [1.29, 1.82) is 0 Å². The van der Waals surface area contributed by atoms with E-state index in [2.05, 4.69) is 20.8 Å². The van der Waals surface area contributed by atoms with E-state index < -0.39 is 0 Å². The van der Waals surface area contributed by atoms with Crippen LogP contribution in [-0.4, -0.2) is 21.4 Å². The lowest BCUT2D eigenvalue weighted by atomic mass is 10.3. The van der Waals surface area contributed by atoms with Crippen molar-refractivity contribution < 1.29 is 4.79 Å². The fraction of sp³-hybridized carbons (Fsp3) is 0.875. The average Bonchev–Trinajstić information content (AvgIpc) is 1.78. The Morgan fingerprint density at radius 2 is 1.91 bits per heavy atom. The first-order valence-corrected chi connectivity index (χ1v) is 5.77. The third kappa shape index (κ3) is 10.4. The second kappa shape index (κ2) is 5.09. The Morgan fingerprint density at radius 3 is 2.27 bits per heavy atom. The van der Waals surface area contributed by atoms with Gasteiger partial charge in [0.2, 0.25) is 0 Å². The number of carbonyl (C=O) groups is 1. The number of carbonyl (C=O) groups excluding carboxylic acids is 1. The van der Waals surface area contributed by atoms with Crippen LogP contribution in [0.5, 0.6) is 0 Å². The highest BCUT2D eigenvalue weighted by atomic mass is 32.2. The van der Waals surface area contributed by atoms with E-state index in [0.29, 0.717) is 10.5 Å². The van der Waals surface area contributed by atoms with E-state index >= 15 is 0 Å². The molecule has 0 aliphatic rings. The average molecular weight is 192 g/mol. The van der Waals surface area contributed by atoms with E-state index in [0.717, 1.165) is 5.08 Å². The first-order chi connectivity index (χ1) is 4.92. The van der Waals surface area contributed by atoms with Crippen molar-refractivity contribution in [1.82, 2.24) is 0 Å². The van der Waals surface area contributed by atoms with Crippen LogP contribution in [0.1, 0.15) is 27.7 Å². The molecule has 1 nitrogen and oxygen atoms in total. The fourth-order valence-corrected chi connectivity index (χ4v) is 2.77. The summed E-state index contributed by atoms with van der Waals surface area (Å²) in [6.45, 7) is 8.19. The lowest BCUT2D eigenvalue weighted by molar-refractivity contribution is -0.114. The Balaban J connectivity index is 3.22. The summed E-state index contributed by atoms with van der Waals surface area (Å²) in [5.41, 5.74) is 0. The number of hydrogen-bond donors (Lipinski definition) is 0. The van der Waals surface area contributed by atoms with Crippen LogP contribution in [0, 0.1) is 0 Å². The molecule has 0 aliphatic carbocycles. The van der Waals surface area contributed by atoms with Crippen LogP contribution < -0.4 is 0 Å². The minimum absolute atomic E-state index is 0.268. The van der Waals surface area contributed by atoms with Gasteiger partial charge in [-0.15, -0.1) is 23.5 Å². The molecular formula is C8H16OS2. The SMILES string of the molecule is CC(=O)CSCSC(C)(C)C. The Bertz CT molecular complexity index is 127. The summed E-state index contributed by atoms with van der Waals surface area (Å²) in [4.78, 5) is 10.5. The number of Topliss-reactive ketones (excluding diaryl/α,β-unsaturated/α-hetero) is 1. The highest BCUT2D eigenvalue weighted by Crippen LogP contribution is 2.26. The summed E-state index contributed by atoms with van der Waals surface area (Å²) in [6, 6.07) is 0. The van der Waals surface area contributed by atoms with E-state index in [1.165, 1.54) is 0 Å². The van der Waals surface area contributed by atoms with Gasteiger partial charge >= 0.3 is 0 Å². The maximum Gasteiger partial charge on any atom is 0.139 e. The summed E-state index contributed by atoms with van der Waals surface area (Å²) in [7, 11) is 0. The van der Waals surface area contributed by atoms with Crippen LogP contribution in [0.2, 0.25) is 0 Å². The molecule has 66 valence electrons. The summed E-state index contributed by atoms with van der Waals surface area (Å²) < 4.78 is 0.323. The molecule has 0 radical (unpaired) electrons. The number of thioether (sulfide) groups is 2. The molecule has 0 spiro atoms. The summed E-state index contributed by atoms with van der Waals surface area (Å²) in [5, 5.41) is 1.02. The zero-order chi connectivity index (χ0) is 8.91. The molecule has 3 heteroatoms. The molecule has 0 aliphatic heterocycles. The van der Waals surface area contributed by atoms with Gasteiger partial charge < -0.3 is 0 Å². The molecule has 0 amide bonds. The minimum atomic E-state index is 0.268. The molecule has 0 unspecified atom stereocenters. The van der Waals surface area contributed by atoms with E-state index in [-0.39, 0.29) is 5.78 Å². The second-order valence-corrected chi connectivity index (χ2v) is 6.58. The Kier molecular flexibility index (Phi) is 5.26. The molecule has 0 aromatic heterocycles. The first kappa shape index (κ1) is 11.4. The van der Waals surface area contributed by atoms with Gasteiger partial charge in [0.05, 0.1) is 5.75 Å². The smallest absolute Gasteiger partial charge is 0.139 e. The van der Waals surface area contributed by atoms with Gasteiger partial charge in [0.1, 0.15) is 5.78 Å². The molecule has 0 fully saturated rings. The quantitative estimate of drug-likeness (QED) is 0.503. The summed E-state index contributed by atoms with van der Waals surface area (Å²) in [6.07, 6.45) is 0. The van der Waals surface area contributed by atoms with Gasteiger partial charge in [-0.2, -0.15) is 0 Å². The Morgan fingerprint density at radius 1 is 1.36 bits per heavy atom. The van der Waals surface area contributed by atoms with Crippen LogP contribution in [0.15, 0.2) is 0 Å². The van der Waals surface area contributed by atoms with Crippen molar-refractivity contribution in [2.45, 2.75) is 32.4 Å². The molecule has 0 aromatic rings. The van der Waals surface area contributed by atoms with Crippen LogP contribution in [0.3, 0.4) is 0 Å². The number of rotatable bonds is 4. The van der Waals surface area contributed by atoms with Crippen LogP contribution in [0.4, 0.5) is 0 Å². The Hall–Kier alpha value is 0.370. The predicted octanol–water partition coefficient (Wildman–Crippen LogP) is 2.80. The molecule has 0 aromatic carbocycles. The lowest BCUT2D eigenvalue weighted by Gasteiger charge is -2.16. The largest absolute Gasteiger partial charge is 0.299 e. The standard InChI is InChI=1S/C8H16OS2/c1-7(9)5-10-6-11-8(2,3)4/h5-6H2,1-4H3. The van der Waals surface area contributed by atoms with Gasteiger partial charge in [-0.1, -0.05) is 20.8 Å². The first-order valence-electron chi connectivity index (χ1n) is 3.63. The molecule has 0 N–H and O–H groups in total. The molecule has 0 saturated carbocycles. The van der Waals surface area contributed by atoms with E-state index in [9.17, 15) is 4.79 Å². The van der Waals surface area contributed by atoms with Crippen molar-refractivity contribution in [3.8, 4) is 0 Å². The minimum Gasteiger partial charge on any atom is -0.299 e. The van der Waals surface area contributed by atoms with Gasteiger partial charge in [0, 0.05) is 9.83 Å². The second-order valence-electron chi connectivity index (χ2n) is 3.43. The van der Waals surface area contributed by atoms with Crippen LogP contribution in [0.25, 0.3) is 0 Å². The van der Waals surface area contributed by atoms with Crippen molar-refractivity contribution in [2.75, 3.05) is 10.8 Å². The molecule has 0 bridgehead atoms. The number of ketones is 1. The fourth-order valence-electron chi connectivity index (χ4n) is 0.404. The molecule has 0 rings (SSSR count). The molecular weight excluding hydrogens is 176 g/mol. The van der Waals surface area contributed by atoms with Gasteiger partial charge in [-0.3, -0.25) is 4.79 Å². The van der Waals surface area contributed by atoms with Crippen molar-refractivity contribution in [3.63, 3.8) is 0 Å². The summed E-state index contributed by atoms with van der Waals surface area (Å²) >= 11 is 3.59. The predicted molar refractivity (Wildman–Crippen MR) is 55.4 cm³/mol. The van der Waals surface area contributed by atoms with Gasteiger partial charge in [-0.05, 0) is 6.92 Å². The zero-order valence-corrected chi connectivity index (χ0v) is 9.27. The maximum atomic E-state index is 10.5. The molecule has 0 atom stereocenters. The van der Waals surface area contributed by atoms with Crippen molar-refractivity contribution in [2.24, 2.45) is 0 Å². The van der Waals surface area contributed by atoms with Crippen molar-refractivity contribution >= 4 is 29.3 Å². The molecule has 0 heterocycles. The highest BCUT2D eigenvalue weighted by molar-refractivity contribution is 8.16. The molecule has 0 saturated heterocycles. The third-order valence-corrected chi connectivity index (χ3v) is 3.50. The van der Waals surface area contributed by atoms with Crippen LogP contribution >= 0.6 is 23.5 Å². The topological polar surface area (TPSA) is 17.1 Å². The molecule has 11 heavy (non-hydrogen) atoms. The highest BCUT2D eigenvalue weighted by Gasteiger charge is 2.09. The van der Waals surface area contributed by atoms with E-state index in [1.54, 1.807) is 18.7 Å².